The average Bonchev–Trinajstić information content (AvgIpc) is 2.27. The van der Waals surface area contributed by atoms with Gasteiger partial charge in [0, 0.05) is 13.2 Å². The largest absolute Gasteiger partial charge is 0.459 e. The maximum Gasteiger partial charge on any atom is 0.459 e. The van der Waals surface area contributed by atoms with Crippen molar-refractivity contribution in [1.29, 1.82) is 0 Å². The second-order valence-electron chi connectivity index (χ2n) is 2.57. The van der Waals surface area contributed by atoms with Crippen LogP contribution in [0.15, 0.2) is 6.20 Å². The third-order valence-electron chi connectivity index (χ3n) is 1.44. The molecule has 0 N–H and O–H groups in total. The van der Waals surface area contributed by atoms with E-state index in [-0.39, 0.29) is 0 Å². The molecule has 0 bridgehead atoms. The Hall–Kier alpha value is -0.850. The Kier molecular flexibility index (Phi) is 2.47. The topological polar surface area (TPSA) is 17.8 Å². The highest BCUT2D eigenvalue weighted by molar-refractivity contribution is 6.31. The molecule has 0 aromatic carbocycles. The van der Waals surface area contributed by atoms with Crippen molar-refractivity contribution in [2.45, 2.75) is 12.1 Å². The molecule has 8 heteroatoms. The first-order valence-electron chi connectivity index (χ1n) is 3.30. The van der Waals surface area contributed by atoms with Gasteiger partial charge in [-0.25, -0.2) is 0 Å². The molecule has 0 amide bonds. The molecule has 14 heavy (non-hydrogen) atoms. The highest BCUT2D eigenvalue weighted by Crippen LogP contribution is 2.45. The summed E-state index contributed by atoms with van der Waals surface area (Å²) < 4.78 is 61.6. The first-order valence-corrected chi connectivity index (χ1v) is 3.68. The van der Waals surface area contributed by atoms with Crippen molar-refractivity contribution in [3.05, 3.63) is 16.9 Å². The molecule has 80 valence electrons. The summed E-state index contributed by atoms with van der Waals surface area (Å²) >= 11 is 5.17. The summed E-state index contributed by atoms with van der Waals surface area (Å²) in [6, 6.07) is 0. The van der Waals surface area contributed by atoms with E-state index in [0.717, 1.165) is 10.9 Å². The van der Waals surface area contributed by atoms with Gasteiger partial charge in [-0.3, -0.25) is 4.68 Å². The molecule has 1 aromatic heterocycles. The molecule has 1 aromatic rings. The Morgan fingerprint density at radius 3 is 2.07 bits per heavy atom. The minimum atomic E-state index is -5.69. The second kappa shape index (κ2) is 3.08. The van der Waals surface area contributed by atoms with Crippen LogP contribution in [-0.4, -0.2) is 16.0 Å². The maximum absolute atomic E-state index is 12.7. The van der Waals surface area contributed by atoms with Crippen molar-refractivity contribution in [1.82, 2.24) is 9.78 Å². The third kappa shape index (κ3) is 1.68. The third-order valence-corrected chi connectivity index (χ3v) is 1.71. The van der Waals surface area contributed by atoms with Crippen molar-refractivity contribution in [2.24, 2.45) is 7.05 Å². The number of hydrogen-bond acceptors (Lipinski definition) is 1. The van der Waals surface area contributed by atoms with E-state index in [9.17, 15) is 22.0 Å². The van der Waals surface area contributed by atoms with E-state index in [0.29, 0.717) is 0 Å². The van der Waals surface area contributed by atoms with Gasteiger partial charge >= 0.3 is 12.1 Å². The van der Waals surface area contributed by atoms with E-state index in [4.69, 9.17) is 11.6 Å². The van der Waals surface area contributed by atoms with Gasteiger partial charge in [-0.1, -0.05) is 11.6 Å². The minimum absolute atomic E-state index is 0.713. The number of alkyl halides is 5. The standard InChI is InChI=1S/C6H4ClF5N2/c1-14-2-3(7)4(13-14)5(8,9)6(10,11)12/h2H,1H3. The predicted octanol–water partition coefficient (Wildman–Crippen LogP) is 2.73. The van der Waals surface area contributed by atoms with Gasteiger partial charge in [0.1, 0.15) is 0 Å². The van der Waals surface area contributed by atoms with Gasteiger partial charge in [-0.15, -0.1) is 0 Å². The molecule has 0 fully saturated rings. The smallest absolute Gasteiger partial charge is 0.274 e. The fourth-order valence-corrected chi connectivity index (χ4v) is 1.10. The summed E-state index contributed by atoms with van der Waals surface area (Å²) in [6.07, 6.45) is -4.82. The Morgan fingerprint density at radius 2 is 1.79 bits per heavy atom. The molecule has 0 aliphatic carbocycles. The zero-order valence-corrected chi connectivity index (χ0v) is 7.50. The highest BCUT2D eigenvalue weighted by Gasteiger charge is 2.61. The molecule has 0 saturated heterocycles. The fraction of sp³-hybridized carbons (Fsp3) is 0.500. The minimum Gasteiger partial charge on any atom is -0.274 e. The molecule has 0 atom stereocenters. The van der Waals surface area contributed by atoms with E-state index in [2.05, 4.69) is 5.10 Å². The first kappa shape index (κ1) is 11.2. The molecule has 0 spiro atoms. The van der Waals surface area contributed by atoms with Crippen molar-refractivity contribution in [2.75, 3.05) is 0 Å². The second-order valence-corrected chi connectivity index (χ2v) is 2.98. The van der Waals surface area contributed by atoms with E-state index in [1.807, 2.05) is 0 Å². The first-order chi connectivity index (χ1) is 6.16. The lowest BCUT2D eigenvalue weighted by molar-refractivity contribution is -0.291. The van der Waals surface area contributed by atoms with E-state index in [1.54, 1.807) is 0 Å². The lowest BCUT2D eigenvalue weighted by atomic mass is 10.2. The van der Waals surface area contributed by atoms with Gasteiger partial charge in [0.2, 0.25) is 0 Å². The molecule has 0 unspecified atom stereocenters. The fourth-order valence-electron chi connectivity index (χ4n) is 0.807. The summed E-state index contributed by atoms with van der Waals surface area (Å²) in [7, 11) is 1.20. The summed E-state index contributed by atoms with van der Waals surface area (Å²) in [5.74, 6) is -5.02. The molecule has 0 aliphatic heterocycles. The van der Waals surface area contributed by atoms with Gasteiger partial charge in [0.05, 0.1) is 5.02 Å². The Bertz CT molecular complexity index is 342. The van der Waals surface area contributed by atoms with Crippen molar-refractivity contribution < 1.29 is 22.0 Å². The number of halogens is 6. The van der Waals surface area contributed by atoms with Crippen LogP contribution in [0.5, 0.6) is 0 Å². The lowest BCUT2D eigenvalue weighted by Gasteiger charge is -2.17. The zero-order chi connectivity index (χ0) is 11.1. The number of rotatable bonds is 1. The van der Waals surface area contributed by atoms with E-state index >= 15 is 0 Å². The van der Waals surface area contributed by atoms with Crippen LogP contribution in [0.2, 0.25) is 5.02 Å². The van der Waals surface area contributed by atoms with Crippen molar-refractivity contribution in [3.63, 3.8) is 0 Å². The predicted molar refractivity (Wildman–Crippen MR) is 38.2 cm³/mol. The summed E-state index contributed by atoms with van der Waals surface area (Å²) in [5, 5.41) is 2.25. The molecule has 0 radical (unpaired) electrons. The Morgan fingerprint density at radius 1 is 1.29 bits per heavy atom. The zero-order valence-electron chi connectivity index (χ0n) is 6.74. The molecular formula is C6H4ClF5N2. The molecule has 2 nitrogen and oxygen atoms in total. The number of nitrogens with zero attached hydrogens (tertiary/aromatic N) is 2. The average molecular weight is 235 g/mol. The Balaban J connectivity index is 3.22. The maximum atomic E-state index is 12.7. The van der Waals surface area contributed by atoms with Crippen LogP contribution in [0.4, 0.5) is 22.0 Å². The monoisotopic (exact) mass is 234 g/mol. The highest BCUT2D eigenvalue weighted by atomic mass is 35.5. The number of aryl methyl sites for hydroxylation is 1. The number of hydrogen-bond donors (Lipinski definition) is 0. The van der Waals surface area contributed by atoms with Gasteiger partial charge in [-0.2, -0.15) is 27.1 Å². The quantitative estimate of drug-likeness (QED) is 0.683. The van der Waals surface area contributed by atoms with Crippen LogP contribution in [-0.2, 0) is 13.0 Å². The lowest BCUT2D eigenvalue weighted by Crippen LogP contribution is -2.34. The van der Waals surface area contributed by atoms with Crippen LogP contribution < -0.4 is 0 Å². The molecular weight excluding hydrogens is 231 g/mol. The molecule has 0 saturated carbocycles. The van der Waals surface area contributed by atoms with Crippen LogP contribution >= 0.6 is 11.6 Å². The molecule has 1 rings (SSSR count). The van der Waals surface area contributed by atoms with Gasteiger partial charge in [0.15, 0.2) is 5.69 Å². The van der Waals surface area contributed by atoms with Crippen molar-refractivity contribution in [3.8, 4) is 0 Å². The van der Waals surface area contributed by atoms with Crippen LogP contribution in [0.3, 0.4) is 0 Å². The normalized spacial score (nSPS) is 13.4. The summed E-state index contributed by atoms with van der Waals surface area (Å²) in [4.78, 5) is 0. The van der Waals surface area contributed by atoms with Gasteiger partial charge in [-0.05, 0) is 0 Å². The van der Waals surface area contributed by atoms with Crippen LogP contribution in [0, 0.1) is 0 Å². The number of aromatic nitrogens is 2. The summed E-state index contributed by atoms with van der Waals surface area (Å²) in [6.45, 7) is 0. The van der Waals surface area contributed by atoms with E-state index < -0.39 is 22.8 Å². The van der Waals surface area contributed by atoms with Gasteiger partial charge in [0.25, 0.3) is 0 Å². The van der Waals surface area contributed by atoms with Gasteiger partial charge < -0.3 is 0 Å². The SMILES string of the molecule is Cn1cc(Cl)c(C(F)(F)C(F)(F)F)n1. The summed E-state index contributed by atoms with van der Waals surface area (Å²) in [5.41, 5.74) is -1.48. The Labute approximate surface area is 80.3 Å². The molecule has 1 heterocycles. The van der Waals surface area contributed by atoms with Crippen LogP contribution in [0.1, 0.15) is 5.69 Å². The van der Waals surface area contributed by atoms with Crippen LogP contribution in [0.25, 0.3) is 0 Å². The van der Waals surface area contributed by atoms with Crippen molar-refractivity contribution >= 4 is 11.6 Å². The van der Waals surface area contributed by atoms with E-state index in [1.165, 1.54) is 7.05 Å². The molecule has 0 aliphatic rings.